The maximum Gasteiger partial charge on any atom is 0.341 e. The summed E-state index contributed by atoms with van der Waals surface area (Å²) < 4.78 is 10.4. The second-order valence-electron chi connectivity index (χ2n) is 4.63. The largest absolute Gasteiger partial charge is 0.491 e. The minimum absolute atomic E-state index is 0.269. The van der Waals surface area contributed by atoms with Crippen LogP contribution in [0.3, 0.4) is 0 Å². The standard InChI is InChI=1S/C15H22ClNO3/c1-3-4-5-6-7-8-20-14-12(15(18)19-2)9-11(17)10-13(14)16/h9-10H,3-8,17H2,1-2H3. The highest BCUT2D eigenvalue weighted by molar-refractivity contribution is 6.33. The van der Waals surface area contributed by atoms with Gasteiger partial charge in [-0.05, 0) is 18.6 Å². The summed E-state index contributed by atoms with van der Waals surface area (Å²) >= 11 is 6.09. The molecule has 0 spiro atoms. The van der Waals surface area contributed by atoms with Gasteiger partial charge in [0.15, 0.2) is 5.75 Å². The molecule has 1 rings (SSSR count). The van der Waals surface area contributed by atoms with Crippen molar-refractivity contribution in [3.05, 3.63) is 22.7 Å². The van der Waals surface area contributed by atoms with Crippen molar-refractivity contribution >= 4 is 23.3 Å². The first kappa shape index (κ1) is 16.6. The number of halogens is 1. The number of methoxy groups -OCH3 is 1. The third-order valence-electron chi connectivity index (χ3n) is 2.97. The second-order valence-corrected chi connectivity index (χ2v) is 5.04. The molecule has 20 heavy (non-hydrogen) atoms. The van der Waals surface area contributed by atoms with Crippen molar-refractivity contribution in [1.29, 1.82) is 0 Å². The smallest absolute Gasteiger partial charge is 0.341 e. The molecule has 0 aliphatic heterocycles. The lowest BCUT2D eigenvalue weighted by Crippen LogP contribution is -2.08. The van der Waals surface area contributed by atoms with E-state index in [1.165, 1.54) is 32.4 Å². The number of anilines is 1. The molecule has 0 amide bonds. The molecule has 0 bridgehead atoms. The van der Waals surface area contributed by atoms with E-state index in [1.54, 1.807) is 6.07 Å². The molecule has 0 aliphatic rings. The Morgan fingerprint density at radius 1 is 1.25 bits per heavy atom. The second kappa shape index (κ2) is 8.69. The quantitative estimate of drug-likeness (QED) is 0.447. The molecule has 0 saturated carbocycles. The molecule has 4 nitrogen and oxygen atoms in total. The number of unbranched alkanes of at least 4 members (excludes halogenated alkanes) is 4. The van der Waals surface area contributed by atoms with Gasteiger partial charge in [0.25, 0.3) is 0 Å². The molecule has 5 heteroatoms. The number of nitrogen functional groups attached to an aromatic ring is 1. The molecular weight excluding hydrogens is 278 g/mol. The van der Waals surface area contributed by atoms with Crippen molar-refractivity contribution in [3.8, 4) is 5.75 Å². The van der Waals surface area contributed by atoms with Gasteiger partial charge in [-0.3, -0.25) is 0 Å². The van der Waals surface area contributed by atoms with Gasteiger partial charge in [-0.15, -0.1) is 0 Å². The summed E-state index contributed by atoms with van der Waals surface area (Å²) in [5.74, 6) is -0.150. The number of benzene rings is 1. The van der Waals surface area contributed by atoms with Gasteiger partial charge in [-0.25, -0.2) is 4.79 Å². The molecule has 0 heterocycles. The topological polar surface area (TPSA) is 61.5 Å². The van der Waals surface area contributed by atoms with Crippen LogP contribution in [-0.2, 0) is 4.74 Å². The molecule has 2 N–H and O–H groups in total. The molecule has 0 aromatic heterocycles. The Labute approximate surface area is 125 Å². The number of hydrogen-bond acceptors (Lipinski definition) is 4. The number of hydrogen-bond donors (Lipinski definition) is 1. The van der Waals surface area contributed by atoms with Gasteiger partial charge in [0.1, 0.15) is 5.56 Å². The van der Waals surface area contributed by atoms with Gasteiger partial charge < -0.3 is 15.2 Å². The van der Waals surface area contributed by atoms with Gasteiger partial charge in [-0.1, -0.05) is 44.2 Å². The molecule has 112 valence electrons. The highest BCUT2D eigenvalue weighted by atomic mass is 35.5. The third kappa shape index (κ3) is 4.93. The zero-order valence-corrected chi connectivity index (χ0v) is 12.8. The van der Waals surface area contributed by atoms with Crippen LogP contribution in [0.1, 0.15) is 49.4 Å². The van der Waals surface area contributed by atoms with Gasteiger partial charge in [0.05, 0.1) is 18.7 Å². The maximum absolute atomic E-state index is 11.7. The van der Waals surface area contributed by atoms with Gasteiger partial charge in [0, 0.05) is 5.69 Å². The van der Waals surface area contributed by atoms with Crippen molar-refractivity contribution in [2.75, 3.05) is 19.5 Å². The fourth-order valence-electron chi connectivity index (χ4n) is 1.90. The Morgan fingerprint density at radius 3 is 2.60 bits per heavy atom. The highest BCUT2D eigenvalue weighted by Crippen LogP contribution is 2.32. The van der Waals surface area contributed by atoms with Gasteiger partial charge in [-0.2, -0.15) is 0 Å². The minimum Gasteiger partial charge on any atom is -0.491 e. The first-order valence-electron chi connectivity index (χ1n) is 6.90. The van der Waals surface area contributed by atoms with Crippen molar-refractivity contribution in [3.63, 3.8) is 0 Å². The van der Waals surface area contributed by atoms with E-state index in [2.05, 4.69) is 6.92 Å². The summed E-state index contributed by atoms with van der Waals surface area (Å²) in [4.78, 5) is 11.7. The van der Waals surface area contributed by atoms with E-state index >= 15 is 0 Å². The van der Waals surface area contributed by atoms with E-state index in [1.807, 2.05) is 0 Å². The first-order valence-corrected chi connectivity index (χ1v) is 7.28. The molecule has 1 aromatic rings. The number of ether oxygens (including phenoxy) is 2. The van der Waals surface area contributed by atoms with Crippen LogP contribution in [0.2, 0.25) is 5.02 Å². The van der Waals surface area contributed by atoms with Crippen LogP contribution >= 0.6 is 11.6 Å². The van der Waals surface area contributed by atoms with E-state index in [9.17, 15) is 4.79 Å². The van der Waals surface area contributed by atoms with E-state index in [-0.39, 0.29) is 5.56 Å². The highest BCUT2D eigenvalue weighted by Gasteiger charge is 2.17. The maximum atomic E-state index is 11.7. The number of carbonyl (C=O) groups is 1. The zero-order chi connectivity index (χ0) is 15.0. The van der Waals surface area contributed by atoms with Gasteiger partial charge >= 0.3 is 5.97 Å². The van der Waals surface area contributed by atoms with Crippen LogP contribution in [0.15, 0.2) is 12.1 Å². The van der Waals surface area contributed by atoms with Crippen molar-refractivity contribution in [2.45, 2.75) is 39.0 Å². The Balaban J connectivity index is 2.66. The summed E-state index contributed by atoms with van der Waals surface area (Å²) in [5, 5.41) is 0.332. The summed E-state index contributed by atoms with van der Waals surface area (Å²) in [6.07, 6.45) is 5.67. The zero-order valence-electron chi connectivity index (χ0n) is 12.1. The molecule has 0 atom stereocenters. The Kier molecular flexibility index (Phi) is 7.23. The normalized spacial score (nSPS) is 10.3. The predicted octanol–water partition coefficient (Wildman–Crippen LogP) is 4.06. The molecule has 0 aliphatic carbocycles. The summed E-state index contributed by atoms with van der Waals surface area (Å²) in [6, 6.07) is 3.09. The Hall–Kier alpha value is -1.42. The average Bonchev–Trinajstić information content (AvgIpc) is 2.43. The predicted molar refractivity (Wildman–Crippen MR) is 81.5 cm³/mol. The van der Waals surface area contributed by atoms with Crippen LogP contribution in [0, 0.1) is 0 Å². The molecule has 0 saturated heterocycles. The van der Waals surface area contributed by atoms with Gasteiger partial charge in [0.2, 0.25) is 0 Å². The van der Waals surface area contributed by atoms with E-state index < -0.39 is 5.97 Å². The lowest BCUT2D eigenvalue weighted by atomic mass is 10.1. The number of nitrogens with two attached hydrogens (primary N) is 1. The molecule has 0 unspecified atom stereocenters. The average molecular weight is 300 g/mol. The van der Waals surface area contributed by atoms with E-state index in [0.29, 0.717) is 23.1 Å². The SMILES string of the molecule is CCCCCCCOc1c(Cl)cc(N)cc1C(=O)OC. The van der Waals surface area contributed by atoms with E-state index in [4.69, 9.17) is 26.8 Å². The summed E-state index contributed by atoms with van der Waals surface area (Å²) in [5.41, 5.74) is 6.36. The Morgan fingerprint density at radius 2 is 1.95 bits per heavy atom. The third-order valence-corrected chi connectivity index (χ3v) is 3.25. The monoisotopic (exact) mass is 299 g/mol. The van der Waals surface area contributed by atoms with Crippen LogP contribution in [0.4, 0.5) is 5.69 Å². The fourth-order valence-corrected chi connectivity index (χ4v) is 2.18. The molecule has 0 radical (unpaired) electrons. The van der Waals surface area contributed by atoms with Crippen molar-refractivity contribution in [2.24, 2.45) is 0 Å². The molecular formula is C15H22ClNO3. The van der Waals surface area contributed by atoms with Crippen molar-refractivity contribution in [1.82, 2.24) is 0 Å². The van der Waals surface area contributed by atoms with E-state index in [0.717, 1.165) is 12.8 Å². The summed E-state index contributed by atoms with van der Waals surface area (Å²) in [7, 11) is 1.31. The number of carbonyl (C=O) groups excluding carboxylic acids is 1. The van der Waals surface area contributed by atoms with Crippen LogP contribution in [0.5, 0.6) is 5.75 Å². The van der Waals surface area contributed by atoms with Crippen LogP contribution in [0.25, 0.3) is 0 Å². The fraction of sp³-hybridized carbons (Fsp3) is 0.533. The first-order chi connectivity index (χ1) is 9.60. The lowest BCUT2D eigenvalue weighted by Gasteiger charge is -2.13. The van der Waals surface area contributed by atoms with Crippen LogP contribution in [-0.4, -0.2) is 19.7 Å². The summed E-state index contributed by atoms with van der Waals surface area (Å²) in [6.45, 7) is 2.70. The number of esters is 1. The minimum atomic E-state index is -0.500. The Bertz CT molecular complexity index is 449. The number of rotatable bonds is 8. The lowest BCUT2D eigenvalue weighted by molar-refractivity contribution is 0.0596. The van der Waals surface area contributed by atoms with Crippen molar-refractivity contribution < 1.29 is 14.3 Å². The van der Waals surface area contributed by atoms with Crippen LogP contribution < -0.4 is 10.5 Å². The molecule has 0 fully saturated rings. The molecule has 1 aromatic carbocycles.